The van der Waals surface area contributed by atoms with Crippen LogP contribution < -0.4 is 5.73 Å². The first-order valence-electron chi connectivity index (χ1n) is 3.57. The summed E-state index contributed by atoms with van der Waals surface area (Å²) in [6, 6.07) is 0. The molecule has 2 N–H and O–H groups in total. The highest BCUT2D eigenvalue weighted by molar-refractivity contribution is 8.76. The molecule has 0 atom stereocenters. The van der Waals surface area contributed by atoms with Gasteiger partial charge in [0.2, 0.25) is 0 Å². The number of nitrogens with two attached hydrogens (primary N) is 1. The van der Waals surface area contributed by atoms with Gasteiger partial charge in [0, 0.05) is 11.5 Å². The Kier molecular flexibility index (Phi) is 8.24. The van der Waals surface area contributed by atoms with Crippen molar-refractivity contribution in [3.05, 3.63) is 10.1 Å². The molecular weight excluding hydrogens is 232 g/mol. The van der Waals surface area contributed by atoms with Crippen LogP contribution >= 0.6 is 21.6 Å². The van der Waals surface area contributed by atoms with Gasteiger partial charge in [-0.2, -0.15) is 0 Å². The Morgan fingerprint density at radius 2 is 1.93 bits per heavy atom. The molecule has 0 aliphatic heterocycles. The van der Waals surface area contributed by atoms with E-state index in [2.05, 4.69) is 9.57 Å². The van der Waals surface area contributed by atoms with E-state index in [1.54, 1.807) is 0 Å². The number of hydrogen-bond acceptors (Lipinski definition) is 7. The van der Waals surface area contributed by atoms with E-state index in [0.717, 1.165) is 0 Å². The molecule has 82 valence electrons. The Bertz CT molecular complexity index is 171. The molecule has 7 nitrogen and oxygen atoms in total. The Morgan fingerprint density at radius 1 is 1.36 bits per heavy atom. The minimum Gasteiger partial charge on any atom is -0.449 e. The summed E-state index contributed by atoms with van der Waals surface area (Å²) in [6.45, 7) is 0.296. The maximum atomic E-state index is 10.1. The average Bonchev–Trinajstić information content (AvgIpc) is 2.08. The molecule has 1 amide bonds. The van der Waals surface area contributed by atoms with Crippen molar-refractivity contribution in [1.29, 1.82) is 0 Å². The Hall–Kier alpha value is -0.830. The molecule has 0 saturated carbocycles. The molecule has 0 aliphatic carbocycles. The molecule has 0 heterocycles. The number of ether oxygens (including phenoxy) is 1. The van der Waals surface area contributed by atoms with E-state index >= 15 is 0 Å². The number of hydrogen-bond donors (Lipinski definition) is 1. The fraction of sp³-hybridized carbons (Fsp3) is 0.800. The number of rotatable bonds is 8. The summed E-state index contributed by atoms with van der Waals surface area (Å²) in [6.07, 6.45) is -0.799. The number of carbonyl (C=O) groups excluding carboxylic acids is 1. The third-order valence-electron chi connectivity index (χ3n) is 0.858. The van der Waals surface area contributed by atoms with Gasteiger partial charge in [-0.15, -0.1) is 10.1 Å². The molecule has 0 aromatic heterocycles. The van der Waals surface area contributed by atoms with Crippen molar-refractivity contribution in [1.82, 2.24) is 0 Å². The Labute approximate surface area is 88.2 Å². The van der Waals surface area contributed by atoms with Gasteiger partial charge < -0.3 is 15.3 Å². The van der Waals surface area contributed by atoms with Crippen LogP contribution in [0.25, 0.3) is 0 Å². The van der Waals surface area contributed by atoms with E-state index in [-0.39, 0.29) is 13.2 Å². The summed E-state index contributed by atoms with van der Waals surface area (Å²) in [7, 11) is 2.83. The highest BCUT2D eigenvalue weighted by atomic mass is 33.1. The molecule has 0 fully saturated rings. The average molecular weight is 242 g/mol. The minimum absolute atomic E-state index is 0.0569. The van der Waals surface area contributed by atoms with Crippen LogP contribution in [0.3, 0.4) is 0 Å². The van der Waals surface area contributed by atoms with E-state index in [1.807, 2.05) is 0 Å². The molecule has 0 saturated heterocycles. The van der Waals surface area contributed by atoms with Gasteiger partial charge in [0.1, 0.15) is 13.2 Å². The lowest BCUT2D eigenvalue weighted by Gasteiger charge is -2.00. The topological polar surface area (TPSA) is 105 Å². The number of nitrogens with zero attached hydrogens (tertiary/aromatic N) is 1. The zero-order valence-electron chi connectivity index (χ0n) is 7.21. The molecule has 0 aromatic carbocycles. The van der Waals surface area contributed by atoms with Crippen LogP contribution in [-0.2, 0) is 9.57 Å². The molecule has 0 rings (SSSR count). The first kappa shape index (κ1) is 13.2. The van der Waals surface area contributed by atoms with E-state index in [0.29, 0.717) is 11.5 Å². The molecule has 0 radical (unpaired) electrons. The van der Waals surface area contributed by atoms with Crippen LogP contribution in [0.2, 0.25) is 0 Å². The van der Waals surface area contributed by atoms with Gasteiger partial charge >= 0.3 is 6.09 Å². The van der Waals surface area contributed by atoms with Gasteiger partial charge in [-0.25, -0.2) is 4.79 Å². The van der Waals surface area contributed by atoms with Gasteiger partial charge in [0.15, 0.2) is 0 Å². The maximum absolute atomic E-state index is 10.1. The summed E-state index contributed by atoms with van der Waals surface area (Å²) in [5, 5.41) is 8.87. The zero-order valence-corrected chi connectivity index (χ0v) is 8.84. The minimum atomic E-state index is -0.832. The lowest BCUT2D eigenvalue weighted by atomic mass is 10.9. The predicted molar refractivity (Wildman–Crippen MR) is 53.4 cm³/mol. The quantitative estimate of drug-likeness (QED) is 0.288. The van der Waals surface area contributed by atoms with Crippen molar-refractivity contribution in [3.8, 4) is 0 Å². The first-order valence-corrected chi connectivity index (χ1v) is 6.05. The van der Waals surface area contributed by atoms with Crippen LogP contribution in [0, 0.1) is 10.1 Å². The molecular formula is C5H10N2O5S2. The largest absolute Gasteiger partial charge is 0.449 e. The van der Waals surface area contributed by atoms with E-state index in [4.69, 9.17) is 5.73 Å². The second kappa shape index (κ2) is 8.75. The molecule has 0 aromatic rings. The fourth-order valence-corrected chi connectivity index (χ4v) is 2.08. The van der Waals surface area contributed by atoms with Gasteiger partial charge in [-0.1, -0.05) is 21.6 Å². The standard InChI is InChI=1S/C5H10N2O5S2/c6-5(8)11-1-3-13-14-4-2-12-7(9)10/h1-4H2,(H2,6,8). The molecule has 14 heavy (non-hydrogen) atoms. The van der Waals surface area contributed by atoms with Gasteiger partial charge in [-0.3, -0.25) is 0 Å². The van der Waals surface area contributed by atoms with Crippen LogP contribution in [0.1, 0.15) is 0 Å². The maximum Gasteiger partial charge on any atom is 0.404 e. The smallest absolute Gasteiger partial charge is 0.404 e. The normalized spacial score (nSPS) is 9.43. The first-order chi connectivity index (χ1) is 6.63. The van der Waals surface area contributed by atoms with E-state index in [1.165, 1.54) is 21.6 Å². The highest BCUT2D eigenvalue weighted by Gasteiger charge is 1.96. The monoisotopic (exact) mass is 242 g/mol. The zero-order chi connectivity index (χ0) is 10.8. The molecule has 0 spiro atoms. The second-order valence-corrected chi connectivity index (χ2v) is 4.57. The van der Waals surface area contributed by atoms with Gasteiger partial charge in [0.25, 0.3) is 5.09 Å². The summed E-state index contributed by atoms with van der Waals surface area (Å²) in [5.41, 5.74) is 4.72. The summed E-state index contributed by atoms with van der Waals surface area (Å²) in [4.78, 5) is 23.9. The van der Waals surface area contributed by atoms with E-state index < -0.39 is 11.2 Å². The number of carbonyl (C=O) groups is 1. The predicted octanol–water partition coefficient (Wildman–Crippen LogP) is 0.671. The highest BCUT2D eigenvalue weighted by Crippen LogP contribution is 2.19. The van der Waals surface area contributed by atoms with Crippen LogP contribution in [0.15, 0.2) is 0 Å². The van der Waals surface area contributed by atoms with Crippen molar-refractivity contribution < 1.29 is 19.5 Å². The van der Waals surface area contributed by atoms with Crippen LogP contribution in [0.5, 0.6) is 0 Å². The van der Waals surface area contributed by atoms with Crippen molar-refractivity contribution in [2.24, 2.45) is 5.73 Å². The Morgan fingerprint density at radius 3 is 2.43 bits per heavy atom. The van der Waals surface area contributed by atoms with Crippen molar-refractivity contribution in [2.75, 3.05) is 24.7 Å². The molecule has 0 bridgehead atoms. The second-order valence-electron chi connectivity index (χ2n) is 1.87. The number of amides is 1. The summed E-state index contributed by atoms with van der Waals surface area (Å²) >= 11 is 0. The van der Waals surface area contributed by atoms with Crippen molar-refractivity contribution in [3.63, 3.8) is 0 Å². The lowest BCUT2D eigenvalue weighted by molar-refractivity contribution is -0.756. The fourth-order valence-electron chi connectivity index (χ4n) is 0.440. The third-order valence-corrected chi connectivity index (χ3v) is 3.19. The van der Waals surface area contributed by atoms with E-state index in [9.17, 15) is 14.9 Å². The SMILES string of the molecule is NC(=O)OCCSSCCO[N+](=O)[O-]. The van der Waals surface area contributed by atoms with Crippen molar-refractivity contribution in [2.45, 2.75) is 0 Å². The van der Waals surface area contributed by atoms with Gasteiger partial charge in [-0.05, 0) is 0 Å². The summed E-state index contributed by atoms with van der Waals surface area (Å²) < 4.78 is 4.45. The van der Waals surface area contributed by atoms with Crippen molar-refractivity contribution >= 4 is 27.7 Å². The number of primary amides is 1. The molecule has 0 unspecified atom stereocenters. The third kappa shape index (κ3) is 11.2. The Balaban J connectivity index is 2.99. The molecule has 0 aliphatic rings. The molecule has 9 heteroatoms. The van der Waals surface area contributed by atoms with Crippen LogP contribution in [-0.4, -0.2) is 35.9 Å². The van der Waals surface area contributed by atoms with Gasteiger partial charge in [0.05, 0.1) is 0 Å². The van der Waals surface area contributed by atoms with Crippen LogP contribution in [0.4, 0.5) is 4.79 Å². The summed E-state index contributed by atoms with van der Waals surface area (Å²) in [5.74, 6) is 1.09. The lowest BCUT2D eigenvalue weighted by Crippen LogP contribution is -2.14.